The van der Waals surface area contributed by atoms with Gasteiger partial charge in [-0.2, -0.15) is 0 Å². The van der Waals surface area contributed by atoms with Crippen LogP contribution in [0.5, 0.6) is 0 Å². The highest BCUT2D eigenvalue weighted by Crippen LogP contribution is 2.37. The molecule has 4 heterocycles. The molecule has 0 radical (unpaired) electrons. The molecule has 0 amide bonds. The number of ether oxygens (including phenoxy) is 7. The van der Waals surface area contributed by atoms with Crippen molar-refractivity contribution in [1.82, 2.24) is 0 Å². The Morgan fingerprint density at radius 3 is 2.48 bits per heavy atom. The van der Waals surface area contributed by atoms with Crippen LogP contribution in [0, 0.1) is 0 Å². The van der Waals surface area contributed by atoms with Crippen LogP contribution in [0.4, 0.5) is 0 Å². The molecule has 8 nitrogen and oxygen atoms in total. The van der Waals surface area contributed by atoms with Gasteiger partial charge in [-0.05, 0) is 0 Å². The molecule has 0 bridgehead atoms. The van der Waals surface area contributed by atoms with Crippen LogP contribution in [0.3, 0.4) is 0 Å². The number of rotatable bonds is 7. The summed E-state index contributed by atoms with van der Waals surface area (Å²) in [6.45, 7) is 4.08. The summed E-state index contributed by atoms with van der Waals surface area (Å²) in [5.74, 6) is 0. The van der Waals surface area contributed by atoms with Crippen molar-refractivity contribution in [3.05, 3.63) is 0 Å². The maximum Gasteiger partial charge on any atom is 0.143 e. The van der Waals surface area contributed by atoms with E-state index in [0.717, 1.165) is 13.2 Å². The molecular formula is C15H24O8. The molecule has 6 unspecified atom stereocenters. The normalized spacial score (nSPS) is 46.0. The summed E-state index contributed by atoms with van der Waals surface area (Å²) in [7, 11) is 0. The Hall–Kier alpha value is -0.320. The molecule has 6 atom stereocenters. The fourth-order valence-corrected chi connectivity index (χ4v) is 2.79. The van der Waals surface area contributed by atoms with E-state index in [-0.39, 0.29) is 37.6 Å². The molecule has 4 saturated heterocycles. The molecule has 4 aliphatic rings. The van der Waals surface area contributed by atoms with Crippen LogP contribution >= 0.6 is 0 Å². The van der Waals surface area contributed by atoms with Gasteiger partial charge < -0.3 is 38.3 Å². The average molecular weight is 332 g/mol. The van der Waals surface area contributed by atoms with Gasteiger partial charge in [0.05, 0.1) is 59.5 Å². The summed E-state index contributed by atoms with van der Waals surface area (Å²) in [6.07, 6.45) is -0.481. The highest BCUT2D eigenvalue weighted by molar-refractivity contribution is 5.04. The molecule has 4 aliphatic heterocycles. The van der Waals surface area contributed by atoms with Crippen LogP contribution in [0.15, 0.2) is 0 Å². The van der Waals surface area contributed by atoms with Crippen LogP contribution in [-0.4, -0.2) is 101 Å². The number of epoxide rings is 3. The van der Waals surface area contributed by atoms with Crippen LogP contribution in [0.25, 0.3) is 0 Å². The van der Waals surface area contributed by atoms with Gasteiger partial charge in [-0.1, -0.05) is 0 Å². The van der Waals surface area contributed by atoms with Crippen molar-refractivity contribution < 1.29 is 38.3 Å². The number of fused-ring (bicyclic) bond motifs is 1. The van der Waals surface area contributed by atoms with E-state index in [1.165, 1.54) is 0 Å². The minimum Gasteiger partial charge on any atom is -0.388 e. The Kier molecular flexibility index (Phi) is 4.84. The molecular weight excluding hydrogens is 308 g/mol. The summed E-state index contributed by atoms with van der Waals surface area (Å²) in [4.78, 5) is 0. The lowest BCUT2D eigenvalue weighted by atomic mass is 9.98. The highest BCUT2D eigenvalue weighted by atomic mass is 16.7. The van der Waals surface area contributed by atoms with Gasteiger partial charge >= 0.3 is 0 Å². The van der Waals surface area contributed by atoms with Gasteiger partial charge in [0.2, 0.25) is 0 Å². The Morgan fingerprint density at radius 1 is 0.957 bits per heavy atom. The lowest BCUT2D eigenvalue weighted by molar-refractivity contribution is -0.159. The third-order valence-electron chi connectivity index (χ3n) is 4.36. The fraction of sp³-hybridized carbons (Fsp3) is 1.00. The maximum atomic E-state index is 9.79. The second-order valence-electron chi connectivity index (χ2n) is 6.60. The van der Waals surface area contributed by atoms with E-state index in [1.807, 2.05) is 0 Å². The second kappa shape index (κ2) is 6.89. The van der Waals surface area contributed by atoms with E-state index in [9.17, 15) is 5.11 Å². The minimum absolute atomic E-state index is 0.0511. The zero-order chi connectivity index (χ0) is 15.7. The summed E-state index contributed by atoms with van der Waals surface area (Å²) in [6, 6.07) is 0. The Bertz CT molecular complexity index is 395. The number of hydrogen-bond acceptors (Lipinski definition) is 8. The van der Waals surface area contributed by atoms with Gasteiger partial charge in [-0.15, -0.1) is 0 Å². The molecule has 0 aromatic rings. The van der Waals surface area contributed by atoms with Crippen molar-refractivity contribution >= 4 is 0 Å². The van der Waals surface area contributed by atoms with Crippen molar-refractivity contribution in [3.63, 3.8) is 0 Å². The molecule has 132 valence electrons. The van der Waals surface area contributed by atoms with E-state index in [2.05, 4.69) is 0 Å². The number of hydrogen-bond donors (Lipinski definition) is 1. The zero-order valence-electron chi connectivity index (χ0n) is 13.1. The Balaban J connectivity index is 1.40. The third kappa shape index (κ3) is 4.40. The maximum absolute atomic E-state index is 9.79. The molecule has 0 aromatic heterocycles. The van der Waals surface area contributed by atoms with Crippen molar-refractivity contribution in [3.8, 4) is 0 Å². The van der Waals surface area contributed by atoms with E-state index < -0.39 is 11.7 Å². The molecule has 4 rings (SSSR count). The molecule has 0 saturated carbocycles. The monoisotopic (exact) mass is 332 g/mol. The van der Waals surface area contributed by atoms with Crippen molar-refractivity contribution in [2.45, 2.75) is 36.1 Å². The van der Waals surface area contributed by atoms with Gasteiger partial charge in [0.1, 0.15) is 36.1 Å². The van der Waals surface area contributed by atoms with E-state index in [1.54, 1.807) is 0 Å². The summed E-state index contributed by atoms with van der Waals surface area (Å²) in [5, 5.41) is 9.79. The van der Waals surface area contributed by atoms with Gasteiger partial charge in [0.15, 0.2) is 0 Å². The molecule has 4 fully saturated rings. The quantitative estimate of drug-likeness (QED) is 0.577. The summed E-state index contributed by atoms with van der Waals surface area (Å²) < 4.78 is 39.2. The van der Waals surface area contributed by atoms with Crippen LogP contribution in [0.2, 0.25) is 0 Å². The molecule has 0 aliphatic carbocycles. The lowest BCUT2D eigenvalue weighted by Gasteiger charge is -2.33. The van der Waals surface area contributed by atoms with Crippen molar-refractivity contribution in [2.24, 2.45) is 0 Å². The molecule has 23 heavy (non-hydrogen) atoms. The fourth-order valence-electron chi connectivity index (χ4n) is 2.79. The summed E-state index contributed by atoms with van der Waals surface area (Å²) >= 11 is 0. The van der Waals surface area contributed by atoms with E-state index >= 15 is 0 Å². The number of aliphatic hydroxyl groups excluding tert-OH is 1. The van der Waals surface area contributed by atoms with Crippen LogP contribution < -0.4 is 0 Å². The number of aliphatic hydroxyl groups is 1. The molecule has 0 spiro atoms. The first-order valence-electron chi connectivity index (χ1n) is 8.19. The Morgan fingerprint density at radius 2 is 1.70 bits per heavy atom. The third-order valence-corrected chi connectivity index (χ3v) is 4.36. The predicted octanol–water partition coefficient (Wildman–Crippen LogP) is -1.27. The molecule has 0 aromatic carbocycles. The lowest BCUT2D eigenvalue weighted by Crippen LogP contribution is -2.51. The van der Waals surface area contributed by atoms with Crippen LogP contribution in [0.1, 0.15) is 0 Å². The average Bonchev–Trinajstić information content (AvgIpc) is 3.37. The minimum atomic E-state index is -0.702. The van der Waals surface area contributed by atoms with Crippen LogP contribution in [-0.2, 0) is 33.2 Å². The van der Waals surface area contributed by atoms with Gasteiger partial charge in [0.25, 0.3) is 0 Å². The smallest absolute Gasteiger partial charge is 0.143 e. The largest absolute Gasteiger partial charge is 0.388 e. The van der Waals surface area contributed by atoms with Crippen molar-refractivity contribution in [2.75, 3.05) is 59.5 Å². The highest BCUT2D eigenvalue weighted by Gasteiger charge is 2.57. The van der Waals surface area contributed by atoms with E-state index in [0.29, 0.717) is 33.0 Å². The standard InChI is InChI=1S/C15H24O8/c16-10-1-17-7-13-14(23-13)15(8-18-2-10,22-6-12-5-21-12)9-19-3-11-4-20-11/h10-14,16H,1-9H2. The first-order chi connectivity index (χ1) is 11.3. The molecule has 8 heteroatoms. The van der Waals surface area contributed by atoms with Gasteiger partial charge in [-0.25, -0.2) is 0 Å². The first kappa shape index (κ1) is 16.2. The topological polar surface area (TPSA) is 94.7 Å². The predicted molar refractivity (Wildman–Crippen MR) is 75.3 cm³/mol. The molecule has 1 N–H and O–H groups in total. The zero-order valence-corrected chi connectivity index (χ0v) is 13.1. The second-order valence-corrected chi connectivity index (χ2v) is 6.60. The summed E-state index contributed by atoms with van der Waals surface area (Å²) in [5.41, 5.74) is -0.702. The van der Waals surface area contributed by atoms with Crippen molar-refractivity contribution in [1.29, 1.82) is 0 Å². The van der Waals surface area contributed by atoms with Gasteiger partial charge in [-0.3, -0.25) is 0 Å². The Labute approximate surface area is 134 Å². The van der Waals surface area contributed by atoms with Gasteiger partial charge in [0, 0.05) is 0 Å². The van der Waals surface area contributed by atoms with E-state index in [4.69, 9.17) is 33.2 Å². The first-order valence-corrected chi connectivity index (χ1v) is 8.19. The SMILES string of the molecule is OC1COCC2OC2C(COCC2CO2)(OCC2CO2)COC1.